The van der Waals surface area contributed by atoms with Crippen molar-refractivity contribution < 1.29 is 4.79 Å². The number of benzene rings is 2. The van der Waals surface area contributed by atoms with Crippen molar-refractivity contribution in [1.29, 1.82) is 5.26 Å². The number of nitrogens with one attached hydrogen (secondary N) is 1. The van der Waals surface area contributed by atoms with Crippen molar-refractivity contribution in [3.05, 3.63) is 105 Å². The van der Waals surface area contributed by atoms with Crippen molar-refractivity contribution in [1.82, 2.24) is 10.3 Å². The van der Waals surface area contributed by atoms with Crippen molar-refractivity contribution in [2.75, 3.05) is 0 Å². The molecule has 0 radical (unpaired) electrons. The third-order valence-corrected chi connectivity index (χ3v) is 4.51. The Hall–Kier alpha value is -3.67. The van der Waals surface area contributed by atoms with Gasteiger partial charge in [0.25, 0.3) is 5.91 Å². The van der Waals surface area contributed by atoms with Gasteiger partial charge in [-0.3, -0.25) is 9.78 Å². The molecule has 0 spiro atoms. The van der Waals surface area contributed by atoms with Crippen LogP contribution in [0.5, 0.6) is 0 Å². The zero-order valence-electron chi connectivity index (χ0n) is 15.0. The van der Waals surface area contributed by atoms with E-state index in [2.05, 4.69) is 21.2 Å². The molecule has 3 aromatic rings. The van der Waals surface area contributed by atoms with Gasteiger partial charge in [-0.15, -0.1) is 0 Å². The van der Waals surface area contributed by atoms with Crippen LogP contribution in [0.4, 0.5) is 5.69 Å². The fraction of sp³-hybridized carbons (Fsp3) is 0.0909. The molecule has 1 N–H and O–H groups in total. The Kier molecular flexibility index (Phi) is 5.69. The lowest BCUT2D eigenvalue weighted by Crippen LogP contribution is -2.30. The number of amides is 1. The van der Waals surface area contributed by atoms with Crippen molar-refractivity contribution >= 4 is 23.2 Å². The first-order chi connectivity index (χ1) is 13.5. The fourth-order valence-corrected chi connectivity index (χ4v) is 2.88. The minimum absolute atomic E-state index is 0.288. The number of carbonyl (C=O) groups excluding carboxylic acids is 1. The topological polar surface area (TPSA) is 70.1 Å². The van der Waals surface area contributed by atoms with E-state index in [0.29, 0.717) is 27.5 Å². The fourth-order valence-electron chi connectivity index (χ4n) is 2.77. The number of nitriles is 1. The molecule has 0 aliphatic carbocycles. The summed E-state index contributed by atoms with van der Waals surface area (Å²) in [7, 11) is 0. The van der Waals surface area contributed by atoms with E-state index < -0.39 is 6.04 Å². The second-order valence-corrected chi connectivity index (χ2v) is 6.59. The first-order valence-corrected chi connectivity index (χ1v) is 8.80. The number of rotatable bonds is 4. The molecular formula is C22H15ClN4O. The van der Waals surface area contributed by atoms with Crippen LogP contribution in [0.15, 0.2) is 60.8 Å². The molecule has 0 saturated heterocycles. The molecule has 28 heavy (non-hydrogen) atoms. The van der Waals surface area contributed by atoms with E-state index in [1.165, 1.54) is 6.20 Å². The summed E-state index contributed by atoms with van der Waals surface area (Å²) in [5, 5.41) is 12.5. The molecule has 136 valence electrons. The minimum atomic E-state index is -0.513. The molecule has 1 aromatic heterocycles. The molecule has 0 aliphatic rings. The predicted molar refractivity (Wildman–Crippen MR) is 107 cm³/mol. The second kappa shape index (κ2) is 8.35. The minimum Gasteiger partial charge on any atom is -0.340 e. The highest BCUT2D eigenvalue weighted by Gasteiger charge is 2.19. The van der Waals surface area contributed by atoms with Gasteiger partial charge in [-0.05, 0) is 48.4 Å². The molecule has 2 aromatic carbocycles. The summed E-state index contributed by atoms with van der Waals surface area (Å²) in [6, 6.07) is 16.9. The van der Waals surface area contributed by atoms with Gasteiger partial charge in [0.2, 0.25) is 0 Å². The Morgan fingerprint density at radius 2 is 1.96 bits per heavy atom. The normalized spacial score (nSPS) is 11.1. The molecule has 3 rings (SSSR count). The zero-order chi connectivity index (χ0) is 20.1. The SMILES string of the molecule is [C-]#[N+]c1ccc([C@H](NC(=O)c2ccc(C#N)c(C)c2)c2ccc(Cl)cn2)cc1. The van der Waals surface area contributed by atoms with E-state index in [4.69, 9.17) is 23.4 Å². The van der Waals surface area contributed by atoms with Crippen LogP contribution in [0, 0.1) is 24.8 Å². The van der Waals surface area contributed by atoms with Gasteiger partial charge in [0.1, 0.15) is 0 Å². The molecule has 1 atom stereocenters. The first-order valence-electron chi connectivity index (χ1n) is 8.42. The quantitative estimate of drug-likeness (QED) is 0.642. The largest absolute Gasteiger partial charge is 0.340 e. The van der Waals surface area contributed by atoms with Gasteiger partial charge in [0.05, 0.1) is 35.0 Å². The maximum Gasteiger partial charge on any atom is 0.252 e. The highest BCUT2D eigenvalue weighted by molar-refractivity contribution is 6.30. The van der Waals surface area contributed by atoms with Gasteiger partial charge in [-0.1, -0.05) is 35.9 Å². The van der Waals surface area contributed by atoms with Gasteiger partial charge in [0, 0.05) is 11.8 Å². The summed E-state index contributed by atoms with van der Waals surface area (Å²) in [5.74, 6) is -0.288. The molecule has 0 fully saturated rings. The number of hydrogen-bond donors (Lipinski definition) is 1. The maximum absolute atomic E-state index is 12.8. The van der Waals surface area contributed by atoms with Crippen molar-refractivity contribution in [2.24, 2.45) is 0 Å². The first kappa shape index (κ1) is 19.1. The van der Waals surface area contributed by atoms with E-state index >= 15 is 0 Å². The average molecular weight is 387 g/mol. The Labute approximate surface area is 168 Å². The second-order valence-electron chi connectivity index (χ2n) is 6.15. The number of aromatic nitrogens is 1. The summed E-state index contributed by atoms with van der Waals surface area (Å²) in [6.45, 7) is 8.88. The van der Waals surface area contributed by atoms with Gasteiger partial charge in [-0.25, -0.2) is 4.85 Å². The van der Waals surface area contributed by atoms with E-state index in [-0.39, 0.29) is 5.91 Å². The third-order valence-electron chi connectivity index (χ3n) is 4.29. The van der Waals surface area contributed by atoms with Gasteiger partial charge >= 0.3 is 0 Å². The summed E-state index contributed by atoms with van der Waals surface area (Å²) in [5.41, 5.74) is 3.65. The Morgan fingerprint density at radius 3 is 2.54 bits per heavy atom. The number of hydrogen-bond acceptors (Lipinski definition) is 3. The van der Waals surface area contributed by atoms with Crippen LogP contribution < -0.4 is 5.32 Å². The predicted octanol–water partition coefficient (Wildman–Crippen LogP) is 4.99. The van der Waals surface area contributed by atoms with Crippen LogP contribution >= 0.6 is 11.6 Å². The lowest BCUT2D eigenvalue weighted by molar-refractivity contribution is 0.0942. The highest BCUT2D eigenvalue weighted by atomic mass is 35.5. The summed E-state index contributed by atoms with van der Waals surface area (Å²) >= 11 is 5.94. The van der Waals surface area contributed by atoms with Crippen LogP contribution in [-0.4, -0.2) is 10.9 Å². The number of carbonyl (C=O) groups is 1. The van der Waals surface area contributed by atoms with E-state index in [1.54, 1.807) is 61.5 Å². The molecule has 5 nitrogen and oxygen atoms in total. The van der Waals surface area contributed by atoms with Gasteiger partial charge < -0.3 is 5.32 Å². The molecule has 0 aliphatic heterocycles. The Bertz CT molecular complexity index is 1090. The van der Waals surface area contributed by atoms with E-state index in [1.807, 2.05) is 0 Å². The third kappa shape index (κ3) is 4.17. The van der Waals surface area contributed by atoms with E-state index in [9.17, 15) is 4.79 Å². The zero-order valence-corrected chi connectivity index (χ0v) is 15.7. The van der Waals surface area contributed by atoms with Crippen LogP contribution in [-0.2, 0) is 0 Å². The van der Waals surface area contributed by atoms with Crippen LogP contribution in [0.25, 0.3) is 4.85 Å². The van der Waals surface area contributed by atoms with E-state index in [0.717, 1.165) is 11.1 Å². The Balaban J connectivity index is 1.95. The van der Waals surface area contributed by atoms with Crippen LogP contribution in [0.3, 0.4) is 0 Å². The lowest BCUT2D eigenvalue weighted by atomic mass is 10.0. The molecule has 6 heteroatoms. The summed E-state index contributed by atoms with van der Waals surface area (Å²) < 4.78 is 0. The molecule has 1 heterocycles. The lowest BCUT2D eigenvalue weighted by Gasteiger charge is -2.19. The molecule has 0 saturated carbocycles. The smallest absolute Gasteiger partial charge is 0.252 e. The Morgan fingerprint density at radius 1 is 1.21 bits per heavy atom. The number of pyridine rings is 1. The van der Waals surface area contributed by atoms with Crippen LogP contribution in [0.1, 0.15) is 38.8 Å². The molecular weight excluding hydrogens is 372 g/mol. The number of aryl methyl sites for hydroxylation is 1. The maximum atomic E-state index is 12.8. The van der Waals surface area contributed by atoms with Crippen molar-refractivity contribution in [2.45, 2.75) is 13.0 Å². The van der Waals surface area contributed by atoms with Gasteiger partial charge in [0.15, 0.2) is 5.69 Å². The number of nitrogens with zero attached hydrogens (tertiary/aromatic N) is 3. The van der Waals surface area contributed by atoms with Gasteiger partial charge in [-0.2, -0.15) is 5.26 Å². The van der Waals surface area contributed by atoms with Crippen LogP contribution in [0.2, 0.25) is 5.02 Å². The standard InChI is InChI=1S/C22H15ClN4O/c1-14-11-16(3-4-17(14)12-24)22(28)27-21(20-10-7-18(23)13-26-20)15-5-8-19(25-2)9-6-15/h3-11,13,21H,1H3,(H,27,28)/t21-/m0/s1. The molecule has 0 unspecified atom stereocenters. The summed E-state index contributed by atoms with van der Waals surface area (Å²) in [6.07, 6.45) is 1.52. The monoisotopic (exact) mass is 386 g/mol. The average Bonchev–Trinajstić information content (AvgIpc) is 2.72. The highest BCUT2D eigenvalue weighted by Crippen LogP contribution is 2.25. The number of halogens is 1. The molecule has 0 bridgehead atoms. The molecule has 1 amide bonds. The van der Waals surface area contributed by atoms with Crippen molar-refractivity contribution in [3.8, 4) is 6.07 Å². The summed E-state index contributed by atoms with van der Waals surface area (Å²) in [4.78, 5) is 20.6. The van der Waals surface area contributed by atoms with Crippen molar-refractivity contribution in [3.63, 3.8) is 0 Å².